The van der Waals surface area contributed by atoms with E-state index in [4.69, 9.17) is 19.7 Å². The Labute approximate surface area is 172 Å². The van der Waals surface area contributed by atoms with Crippen LogP contribution < -0.4 is 4.90 Å². The van der Waals surface area contributed by atoms with Crippen molar-refractivity contribution < 1.29 is 4.74 Å². The predicted molar refractivity (Wildman–Crippen MR) is 115 cm³/mol. The number of rotatable bonds is 3. The lowest BCUT2D eigenvalue weighted by molar-refractivity contribution is 0.122. The van der Waals surface area contributed by atoms with Crippen molar-refractivity contribution in [3.8, 4) is 22.8 Å². The van der Waals surface area contributed by atoms with Crippen LogP contribution in [-0.2, 0) is 11.3 Å². The number of nitrogens with one attached hydrogen (secondary N) is 1. The normalized spacial score (nSPS) is 15.7. The molecule has 4 aromatic rings. The molecule has 1 fully saturated rings. The molecule has 2 aliphatic rings. The summed E-state index contributed by atoms with van der Waals surface area (Å²) in [6, 6.07) is 12.2. The fraction of sp³-hybridized carbons (Fsp3) is 0.227. The van der Waals surface area contributed by atoms with E-state index in [1.165, 1.54) is 5.56 Å². The van der Waals surface area contributed by atoms with Crippen molar-refractivity contribution in [3.63, 3.8) is 0 Å². The van der Waals surface area contributed by atoms with Gasteiger partial charge in [-0.3, -0.25) is 10.1 Å². The van der Waals surface area contributed by atoms with Crippen molar-refractivity contribution in [2.24, 2.45) is 4.99 Å². The molecular formula is C22H19N7O. The second-order valence-electron chi connectivity index (χ2n) is 7.37. The third kappa shape index (κ3) is 2.84. The Morgan fingerprint density at radius 1 is 0.900 bits per heavy atom. The highest BCUT2D eigenvalue weighted by Crippen LogP contribution is 2.31. The van der Waals surface area contributed by atoms with Crippen molar-refractivity contribution in [2.45, 2.75) is 6.54 Å². The van der Waals surface area contributed by atoms with Crippen molar-refractivity contribution >= 4 is 23.1 Å². The number of aromatic amines is 1. The SMILES string of the molecule is C1=NCc2cccc(-c3nc(-c4cccc5[nH]ncc45)nc(N4CCOCC4)n3)c21. The number of hydrogen-bond donors (Lipinski definition) is 1. The van der Waals surface area contributed by atoms with E-state index in [2.05, 4.69) is 32.2 Å². The quantitative estimate of drug-likeness (QED) is 0.572. The van der Waals surface area contributed by atoms with Gasteiger partial charge in [-0.15, -0.1) is 0 Å². The number of nitrogens with zero attached hydrogens (tertiary/aromatic N) is 6. The average molecular weight is 397 g/mol. The smallest absolute Gasteiger partial charge is 0.229 e. The molecule has 1 N–H and O–H groups in total. The van der Waals surface area contributed by atoms with Gasteiger partial charge in [0.05, 0.1) is 31.5 Å². The largest absolute Gasteiger partial charge is 0.378 e. The molecule has 0 aliphatic carbocycles. The molecule has 1 saturated heterocycles. The molecule has 4 heterocycles. The molecule has 0 amide bonds. The number of aliphatic imine (C=N–C) groups is 1. The minimum atomic E-state index is 0.640. The van der Waals surface area contributed by atoms with Crippen LogP contribution in [0.4, 0.5) is 5.95 Å². The van der Waals surface area contributed by atoms with E-state index in [1.54, 1.807) is 0 Å². The van der Waals surface area contributed by atoms with E-state index in [0.29, 0.717) is 37.4 Å². The minimum Gasteiger partial charge on any atom is -0.378 e. The number of benzene rings is 2. The van der Waals surface area contributed by atoms with Gasteiger partial charge in [-0.1, -0.05) is 30.3 Å². The first-order valence-electron chi connectivity index (χ1n) is 10.0. The molecule has 2 aliphatic heterocycles. The predicted octanol–water partition coefficient (Wildman–Crippen LogP) is 2.85. The molecular weight excluding hydrogens is 378 g/mol. The Bertz CT molecular complexity index is 1270. The average Bonchev–Trinajstić information content (AvgIpc) is 3.48. The lowest BCUT2D eigenvalue weighted by Crippen LogP contribution is -2.37. The van der Waals surface area contributed by atoms with E-state index in [0.717, 1.165) is 40.7 Å². The van der Waals surface area contributed by atoms with Crippen molar-refractivity contribution in [3.05, 3.63) is 53.7 Å². The molecule has 2 aromatic carbocycles. The summed E-state index contributed by atoms with van der Waals surface area (Å²) in [4.78, 5) is 21.2. The molecule has 2 aromatic heterocycles. The summed E-state index contributed by atoms with van der Waals surface area (Å²) < 4.78 is 5.52. The van der Waals surface area contributed by atoms with Crippen molar-refractivity contribution in [1.82, 2.24) is 25.1 Å². The third-order valence-electron chi connectivity index (χ3n) is 5.56. The molecule has 0 unspecified atom stereocenters. The van der Waals surface area contributed by atoms with Crippen LogP contribution in [0.1, 0.15) is 11.1 Å². The maximum absolute atomic E-state index is 5.52. The highest BCUT2D eigenvalue weighted by Gasteiger charge is 2.21. The number of morpholine rings is 1. The van der Waals surface area contributed by atoms with Crippen molar-refractivity contribution in [1.29, 1.82) is 0 Å². The number of aromatic nitrogens is 5. The van der Waals surface area contributed by atoms with Gasteiger partial charge in [-0.05, 0) is 11.6 Å². The van der Waals surface area contributed by atoms with Crippen LogP contribution in [0.2, 0.25) is 0 Å². The first kappa shape index (κ1) is 17.2. The Balaban J connectivity index is 1.56. The number of fused-ring (bicyclic) bond motifs is 2. The first-order chi connectivity index (χ1) is 14.9. The second kappa shape index (κ2) is 7.00. The van der Waals surface area contributed by atoms with Gasteiger partial charge in [-0.25, -0.2) is 4.98 Å². The van der Waals surface area contributed by atoms with E-state index < -0.39 is 0 Å². The molecule has 0 bridgehead atoms. The number of hydrogen-bond acceptors (Lipinski definition) is 7. The molecule has 0 radical (unpaired) electrons. The fourth-order valence-corrected chi connectivity index (χ4v) is 4.01. The monoisotopic (exact) mass is 397 g/mol. The van der Waals surface area contributed by atoms with Gasteiger partial charge >= 0.3 is 0 Å². The van der Waals surface area contributed by atoms with Gasteiger partial charge < -0.3 is 9.64 Å². The van der Waals surface area contributed by atoms with E-state index >= 15 is 0 Å². The Morgan fingerprint density at radius 2 is 1.70 bits per heavy atom. The summed E-state index contributed by atoms with van der Waals surface area (Å²) in [6.45, 7) is 3.55. The zero-order valence-corrected chi connectivity index (χ0v) is 16.2. The summed E-state index contributed by atoms with van der Waals surface area (Å²) in [5.74, 6) is 1.97. The van der Waals surface area contributed by atoms with E-state index in [9.17, 15) is 0 Å². The molecule has 8 nitrogen and oxygen atoms in total. The van der Waals surface area contributed by atoms with Crippen LogP contribution in [0.3, 0.4) is 0 Å². The number of ether oxygens (including phenoxy) is 1. The van der Waals surface area contributed by atoms with Crippen LogP contribution in [0.25, 0.3) is 33.7 Å². The third-order valence-corrected chi connectivity index (χ3v) is 5.56. The highest BCUT2D eigenvalue weighted by atomic mass is 16.5. The Morgan fingerprint density at radius 3 is 2.60 bits per heavy atom. The van der Waals surface area contributed by atoms with Gasteiger partial charge in [0.1, 0.15) is 0 Å². The van der Waals surface area contributed by atoms with Crippen LogP contribution in [0.5, 0.6) is 0 Å². The van der Waals surface area contributed by atoms with Crippen LogP contribution in [-0.4, -0.2) is 57.7 Å². The lowest BCUT2D eigenvalue weighted by atomic mass is 10.0. The van der Waals surface area contributed by atoms with E-state index in [-0.39, 0.29) is 0 Å². The second-order valence-corrected chi connectivity index (χ2v) is 7.37. The first-order valence-corrected chi connectivity index (χ1v) is 10.0. The summed E-state index contributed by atoms with van der Waals surface area (Å²) in [5, 5.41) is 8.20. The summed E-state index contributed by atoms with van der Waals surface area (Å²) in [7, 11) is 0. The highest BCUT2D eigenvalue weighted by molar-refractivity contribution is 5.94. The van der Waals surface area contributed by atoms with Crippen LogP contribution in [0.15, 0.2) is 47.6 Å². The molecule has 148 valence electrons. The summed E-state index contributed by atoms with van der Waals surface area (Å²) >= 11 is 0. The minimum absolute atomic E-state index is 0.640. The van der Waals surface area contributed by atoms with Gasteiger partial charge in [0, 0.05) is 41.4 Å². The van der Waals surface area contributed by atoms with E-state index in [1.807, 2.05) is 36.7 Å². The summed E-state index contributed by atoms with van der Waals surface area (Å²) in [5.41, 5.74) is 5.14. The molecule has 0 saturated carbocycles. The summed E-state index contributed by atoms with van der Waals surface area (Å²) in [6.07, 6.45) is 3.73. The zero-order valence-electron chi connectivity index (χ0n) is 16.2. The Kier molecular flexibility index (Phi) is 4.02. The van der Waals surface area contributed by atoms with Gasteiger partial charge in [0.15, 0.2) is 11.6 Å². The van der Waals surface area contributed by atoms with Crippen LogP contribution in [0, 0.1) is 0 Å². The molecule has 30 heavy (non-hydrogen) atoms. The standard InChI is InChI=1S/C22H19N7O/c1-3-14-11-23-12-17(14)15(4-1)20-25-21(16-5-2-6-19-18(16)13-24-28-19)27-22(26-20)29-7-9-30-10-8-29/h1-6,12-13H,7-11H2,(H,24,28). The maximum Gasteiger partial charge on any atom is 0.229 e. The maximum atomic E-state index is 5.52. The number of anilines is 1. The van der Waals surface area contributed by atoms with Crippen molar-refractivity contribution in [2.75, 3.05) is 31.2 Å². The number of H-pyrrole nitrogens is 1. The fourth-order valence-electron chi connectivity index (χ4n) is 4.01. The van der Waals surface area contributed by atoms with Gasteiger partial charge in [0.25, 0.3) is 0 Å². The van der Waals surface area contributed by atoms with Gasteiger partial charge in [0.2, 0.25) is 5.95 Å². The molecule has 8 heteroatoms. The van der Waals surface area contributed by atoms with Gasteiger partial charge in [-0.2, -0.15) is 15.1 Å². The van der Waals surface area contributed by atoms with Crippen LogP contribution >= 0.6 is 0 Å². The Hall–Kier alpha value is -3.65. The molecule has 6 rings (SSSR count). The molecule has 0 atom stereocenters. The molecule has 0 spiro atoms. The topological polar surface area (TPSA) is 92.2 Å². The lowest BCUT2D eigenvalue weighted by Gasteiger charge is -2.27. The zero-order chi connectivity index (χ0) is 19.9.